The van der Waals surface area contributed by atoms with Crippen LogP contribution in [-0.2, 0) is 16.8 Å². The van der Waals surface area contributed by atoms with Crippen LogP contribution in [0.5, 0.6) is 11.5 Å². The Morgan fingerprint density at radius 1 is 0.939 bits per heavy atom. The minimum Gasteiger partial charge on any atom is -0.488 e. The van der Waals surface area contributed by atoms with Gasteiger partial charge in [0.05, 0.1) is 6.21 Å². The normalized spacial score (nSPS) is 11.4. The zero-order chi connectivity index (χ0) is 23.8. The Morgan fingerprint density at radius 2 is 1.61 bits per heavy atom. The molecule has 0 saturated carbocycles. The first-order chi connectivity index (χ1) is 15.7. The second-order valence-electron chi connectivity index (χ2n) is 8.43. The number of carbonyl (C=O) groups is 1. The lowest BCUT2D eigenvalue weighted by molar-refractivity contribution is -0.123. The van der Waals surface area contributed by atoms with Crippen molar-refractivity contribution < 1.29 is 14.3 Å². The van der Waals surface area contributed by atoms with Gasteiger partial charge in [0, 0.05) is 20.1 Å². The summed E-state index contributed by atoms with van der Waals surface area (Å²) < 4.78 is 13.6. The van der Waals surface area contributed by atoms with Gasteiger partial charge in [-0.1, -0.05) is 83.0 Å². The van der Waals surface area contributed by atoms with Crippen molar-refractivity contribution in [2.24, 2.45) is 5.10 Å². The van der Waals surface area contributed by atoms with Crippen LogP contribution in [0.3, 0.4) is 0 Å². The van der Waals surface area contributed by atoms with E-state index in [-0.39, 0.29) is 17.9 Å². The van der Waals surface area contributed by atoms with Gasteiger partial charge in [-0.25, -0.2) is 5.43 Å². The molecule has 0 fully saturated rings. The number of amides is 1. The Kier molecular flexibility index (Phi) is 8.69. The predicted octanol–water partition coefficient (Wildman–Crippen LogP) is 6.62. The van der Waals surface area contributed by atoms with Gasteiger partial charge in [0.1, 0.15) is 18.1 Å². The maximum atomic E-state index is 12.3. The number of hydrogen-bond acceptors (Lipinski definition) is 4. The Balaban J connectivity index is 1.60. The molecule has 0 atom stereocenters. The van der Waals surface area contributed by atoms with Crippen molar-refractivity contribution >= 4 is 44.0 Å². The molecule has 5 nitrogen and oxygen atoms in total. The average molecular weight is 574 g/mol. The molecular formula is C26H26Br2N2O3. The van der Waals surface area contributed by atoms with E-state index >= 15 is 0 Å². The zero-order valence-electron chi connectivity index (χ0n) is 18.8. The summed E-state index contributed by atoms with van der Waals surface area (Å²) in [6.07, 6.45) is 1.56. The van der Waals surface area contributed by atoms with E-state index in [0.717, 1.165) is 25.6 Å². The Bertz CT molecular complexity index is 1130. The highest BCUT2D eigenvalue weighted by molar-refractivity contribution is 9.10. The summed E-state index contributed by atoms with van der Waals surface area (Å²) in [7, 11) is 0. The fourth-order valence-electron chi connectivity index (χ4n) is 3.05. The first kappa shape index (κ1) is 25.0. The van der Waals surface area contributed by atoms with E-state index in [1.807, 2.05) is 66.7 Å². The summed E-state index contributed by atoms with van der Waals surface area (Å²) in [6, 6.07) is 21.3. The molecule has 0 spiro atoms. The van der Waals surface area contributed by atoms with Gasteiger partial charge in [0.25, 0.3) is 5.91 Å². The molecule has 0 bridgehead atoms. The van der Waals surface area contributed by atoms with Crippen LogP contribution in [0.2, 0.25) is 0 Å². The Morgan fingerprint density at radius 3 is 2.30 bits per heavy atom. The SMILES string of the molecule is CC(C)(C)c1cc(Br)ccc1OCC(=O)N/N=C/c1cc(Br)ccc1OCc1ccccc1. The van der Waals surface area contributed by atoms with E-state index in [2.05, 4.69) is 63.2 Å². The quantitative estimate of drug-likeness (QED) is 0.243. The summed E-state index contributed by atoms with van der Waals surface area (Å²) in [6.45, 7) is 6.59. The predicted molar refractivity (Wildman–Crippen MR) is 139 cm³/mol. The topological polar surface area (TPSA) is 59.9 Å². The van der Waals surface area contributed by atoms with Crippen molar-refractivity contribution in [2.45, 2.75) is 32.8 Å². The fourth-order valence-corrected chi connectivity index (χ4v) is 3.79. The van der Waals surface area contributed by atoms with Crippen molar-refractivity contribution in [2.75, 3.05) is 6.61 Å². The molecular weight excluding hydrogens is 548 g/mol. The molecule has 0 aromatic heterocycles. The number of hydrazone groups is 1. The molecule has 0 saturated heterocycles. The molecule has 0 heterocycles. The summed E-state index contributed by atoms with van der Waals surface area (Å²) >= 11 is 6.96. The van der Waals surface area contributed by atoms with Crippen molar-refractivity contribution in [3.8, 4) is 11.5 Å². The minimum absolute atomic E-state index is 0.120. The van der Waals surface area contributed by atoms with Crippen molar-refractivity contribution in [3.05, 3.63) is 92.4 Å². The van der Waals surface area contributed by atoms with Crippen LogP contribution in [0.1, 0.15) is 37.5 Å². The highest BCUT2D eigenvalue weighted by Gasteiger charge is 2.20. The monoisotopic (exact) mass is 572 g/mol. The number of ether oxygens (including phenoxy) is 2. The number of halogens is 2. The van der Waals surface area contributed by atoms with Gasteiger partial charge in [0.2, 0.25) is 0 Å². The highest BCUT2D eigenvalue weighted by atomic mass is 79.9. The number of carbonyl (C=O) groups excluding carboxylic acids is 1. The molecule has 33 heavy (non-hydrogen) atoms. The molecule has 0 unspecified atom stereocenters. The molecule has 3 aromatic rings. The third kappa shape index (κ3) is 7.72. The summed E-state index contributed by atoms with van der Waals surface area (Å²) in [4.78, 5) is 12.3. The first-order valence-electron chi connectivity index (χ1n) is 10.4. The fraction of sp³-hybridized carbons (Fsp3) is 0.231. The van der Waals surface area contributed by atoms with E-state index < -0.39 is 0 Å². The second-order valence-corrected chi connectivity index (χ2v) is 10.3. The van der Waals surface area contributed by atoms with E-state index in [1.54, 1.807) is 6.21 Å². The van der Waals surface area contributed by atoms with E-state index in [0.29, 0.717) is 18.1 Å². The lowest BCUT2D eigenvalue weighted by Gasteiger charge is -2.23. The molecule has 1 amide bonds. The first-order valence-corrected chi connectivity index (χ1v) is 12.0. The van der Waals surface area contributed by atoms with Gasteiger partial charge in [0.15, 0.2) is 6.61 Å². The van der Waals surface area contributed by atoms with Crippen molar-refractivity contribution in [1.82, 2.24) is 5.43 Å². The van der Waals surface area contributed by atoms with Gasteiger partial charge in [-0.15, -0.1) is 0 Å². The van der Waals surface area contributed by atoms with Gasteiger partial charge >= 0.3 is 0 Å². The van der Waals surface area contributed by atoms with Gasteiger partial charge in [-0.3, -0.25) is 4.79 Å². The van der Waals surface area contributed by atoms with Crippen molar-refractivity contribution in [3.63, 3.8) is 0 Å². The third-order valence-corrected chi connectivity index (χ3v) is 5.70. The lowest BCUT2D eigenvalue weighted by atomic mass is 9.86. The number of nitrogens with one attached hydrogen (secondary N) is 1. The molecule has 172 valence electrons. The van der Waals surface area contributed by atoms with Crippen LogP contribution in [0.4, 0.5) is 0 Å². The summed E-state index contributed by atoms with van der Waals surface area (Å²) in [5.74, 6) is 0.991. The van der Waals surface area contributed by atoms with Crippen LogP contribution in [0.25, 0.3) is 0 Å². The summed E-state index contributed by atoms with van der Waals surface area (Å²) in [5.41, 5.74) is 5.22. The second kappa shape index (κ2) is 11.5. The zero-order valence-corrected chi connectivity index (χ0v) is 21.9. The minimum atomic E-state index is -0.351. The maximum Gasteiger partial charge on any atom is 0.277 e. The number of rotatable bonds is 8. The Labute approximate surface area is 211 Å². The lowest BCUT2D eigenvalue weighted by Crippen LogP contribution is -2.25. The van der Waals surface area contributed by atoms with Crippen molar-refractivity contribution in [1.29, 1.82) is 0 Å². The number of nitrogens with zero attached hydrogens (tertiary/aromatic N) is 1. The van der Waals surface area contributed by atoms with Crippen LogP contribution >= 0.6 is 31.9 Å². The third-order valence-electron chi connectivity index (χ3n) is 4.71. The standard InChI is InChI=1S/C26H26Br2N2O3/c1-26(2,3)22-14-21(28)10-12-24(22)33-17-25(31)30-29-15-19-13-20(27)9-11-23(19)32-16-18-7-5-4-6-8-18/h4-15H,16-17H2,1-3H3,(H,30,31)/b29-15+. The Hall–Kier alpha value is -2.64. The average Bonchev–Trinajstić information content (AvgIpc) is 2.78. The molecule has 3 rings (SSSR count). The maximum absolute atomic E-state index is 12.3. The van der Waals surface area contributed by atoms with Crippen LogP contribution < -0.4 is 14.9 Å². The smallest absolute Gasteiger partial charge is 0.277 e. The summed E-state index contributed by atoms with van der Waals surface area (Å²) in [5, 5.41) is 4.08. The van der Waals surface area contributed by atoms with Gasteiger partial charge < -0.3 is 9.47 Å². The molecule has 7 heteroatoms. The molecule has 3 aromatic carbocycles. The molecule has 0 aliphatic carbocycles. The van der Waals surface area contributed by atoms with Crippen LogP contribution in [-0.4, -0.2) is 18.7 Å². The number of hydrogen-bond donors (Lipinski definition) is 1. The van der Waals surface area contributed by atoms with Gasteiger partial charge in [-0.2, -0.15) is 5.10 Å². The van der Waals surface area contributed by atoms with E-state index in [1.165, 1.54) is 0 Å². The van der Waals surface area contributed by atoms with E-state index in [4.69, 9.17) is 9.47 Å². The largest absolute Gasteiger partial charge is 0.488 e. The van der Waals surface area contributed by atoms with Crippen LogP contribution in [0.15, 0.2) is 80.8 Å². The molecule has 0 aliphatic rings. The highest BCUT2D eigenvalue weighted by Crippen LogP contribution is 2.33. The van der Waals surface area contributed by atoms with E-state index in [9.17, 15) is 4.79 Å². The molecule has 1 N–H and O–H groups in total. The van der Waals surface area contributed by atoms with Crippen LogP contribution in [0, 0.1) is 0 Å². The molecule has 0 aliphatic heterocycles. The van der Waals surface area contributed by atoms with Gasteiger partial charge in [-0.05, 0) is 47.4 Å². The molecule has 0 radical (unpaired) electrons. The number of benzene rings is 3.